The first-order chi connectivity index (χ1) is 6.06. The molecule has 3 N–H and O–H groups in total. The van der Waals surface area contributed by atoms with Gasteiger partial charge in [0.05, 0.1) is 5.56 Å². The van der Waals surface area contributed by atoms with Gasteiger partial charge in [-0.3, -0.25) is 0 Å². The van der Waals surface area contributed by atoms with Gasteiger partial charge in [0.25, 0.3) is 0 Å². The Bertz CT molecular complexity index is 287. The van der Waals surface area contributed by atoms with Gasteiger partial charge in [0.2, 0.25) is 0 Å². The second kappa shape index (κ2) is 3.66. The van der Waals surface area contributed by atoms with Crippen LogP contribution in [-0.4, -0.2) is 17.3 Å². The third kappa shape index (κ3) is 1.92. The van der Waals surface area contributed by atoms with Gasteiger partial charge in [-0.05, 0) is 38.6 Å². The zero-order valence-corrected chi connectivity index (χ0v) is 8.13. The number of aromatic hydroxyl groups is 2. The van der Waals surface area contributed by atoms with Gasteiger partial charge >= 0.3 is 0 Å². The van der Waals surface area contributed by atoms with Crippen molar-refractivity contribution in [3.63, 3.8) is 0 Å². The molecule has 72 valence electrons. The Hall–Kier alpha value is -1.22. The minimum Gasteiger partial charge on any atom is -0.507 e. The van der Waals surface area contributed by atoms with Crippen LogP contribution in [0.3, 0.4) is 0 Å². The molecule has 1 aromatic rings. The summed E-state index contributed by atoms with van der Waals surface area (Å²) in [4.78, 5) is 0. The molecule has 0 aliphatic carbocycles. The minimum absolute atomic E-state index is 0.0550. The Kier molecular flexibility index (Phi) is 2.78. The van der Waals surface area contributed by atoms with E-state index in [0.717, 1.165) is 5.56 Å². The standard InChI is InChI=1S/C10H15NO2/c1-6-4-8(12)10(7(2)11-3)9(13)5-6/h4-5,7,11-13H,1-3H3/t7-/m1/s1. The summed E-state index contributed by atoms with van der Waals surface area (Å²) in [5.74, 6) is 0.277. The van der Waals surface area contributed by atoms with Crippen LogP contribution in [0.25, 0.3) is 0 Å². The summed E-state index contributed by atoms with van der Waals surface area (Å²) in [6, 6.07) is 3.23. The molecule has 1 rings (SSSR count). The highest BCUT2D eigenvalue weighted by molar-refractivity contribution is 5.47. The van der Waals surface area contributed by atoms with E-state index >= 15 is 0 Å². The molecule has 3 nitrogen and oxygen atoms in total. The lowest BCUT2D eigenvalue weighted by Gasteiger charge is -2.14. The van der Waals surface area contributed by atoms with Crippen LogP contribution < -0.4 is 5.32 Å². The Morgan fingerprint density at radius 3 is 2.08 bits per heavy atom. The van der Waals surface area contributed by atoms with Gasteiger partial charge in [0.15, 0.2) is 0 Å². The van der Waals surface area contributed by atoms with E-state index < -0.39 is 0 Å². The largest absolute Gasteiger partial charge is 0.507 e. The molecule has 13 heavy (non-hydrogen) atoms. The molecule has 0 aromatic heterocycles. The molecule has 0 aliphatic heterocycles. The molecule has 0 radical (unpaired) electrons. The van der Waals surface area contributed by atoms with Gasteiger partial charge in [-0.2, -0.15) is 0 Å². The van der Waals surface area contributed by atoms with Crippen LogP contribution in [0.4, 0.5) is 0 Å². The van der Waals surface area contributed by atoms with Crippen molar-refractivity contribution >= 4 is 0 Å². The lowest BCUT2D eigenvalue weighted by Crippen LogP contribution is -2.12. The number of nitrogens with one attached hydrogen (secondary N) is 1. The van der Waals surface area contributed by atoms with Crippen molar-refractivity contribution in [1.82, 2.24) is 5.32 Å². The third-order valence-corrected chi connectivity index (χ3v) is 2.15. The SMILES string of the molecule is CN[C@H](C)c1c(O)cc(C)cc1O. The monoisotopic (exact) mass is 181 g/mol. The van der Waals surface area contributed by atoms with Crippen molar-refractivity contribution in [2.75, 3.05) is 7.05 Å². The molecular weight excluding hydrogens is 166 g/mol. The van der Waals surface area contributed by atoms with Gasteiger partial charge in [-0.1, -0.05) is 0 Å². The fourth-order valence-corrected chi connectivity index (χ4v) is 1.35. The van der Waals surface area contributed by atoms with Crippen molar-refractivity contribution in [3.8, 4) is 11.5 Å². The molecule has 0 heterocycles. The van der Waals surface area contributed by atoms with Crippen LogP contribution >= 0.6 is 0 Å². The predicted octanol–water partition coefficient (Wildman–Crippen LogP) is 1.69. The van der Waals surface area contributed by atoms with Crippen molar-refractivity contribution in [2.45, 2.75) is 19.9 Å². The van der Waals surface area contributed by atoms with Gasteiger partial charge in [0, 0.05) is 6.04 Å². The molecule has 3 heteroatoms. The number of hydrogen-bond donors (Lipinski definition) is 3. The quantitative estimate of drug-likeness (QED) is 0.650. The van der Waals surface area contributed by atoms with E-state index in [1.807, 2.05) is 13.8 Å². The van der Waals surface area contributed by atoms with Gasteiger partial charge in [-0.15, -0.1) is 0 Å². The first kappa shape index (κ1) is 9.86. The maximum Gasteiger partial charge on any atom is 0.124 e. The molecule has 0 amide bonds. The molecule has 1 aromatic carbocycles. The molecule has 1 atom stereocenters. The van der Waals surface area contributed by atoms with Crippen molar-refractivity contribution < 1.29 is 10.2 Å². The minimum atomic E-state index is -0.0550. The lowest BCUT2D eigenvalue weighted by atomic mass is 10.0. The van der Waals surface area contributed by atoms with E-state index in [1.54, 1.807) is 19.2 Å². The normalized spacial score (nSPS) is 12.8. The topological polar surface area (TPSA) is 52.5 Å². The van der Waals surface area contributed by atoms with E-state index in [-0.39, 0.29) is 17.5 Å². The van der Waals surface area contributed by atoms with Crippen molar-refractivity contribution in [1.29, 1.82) is 0 Å². The average Bonchev–Trinajstić information content (AvgIpc) is 2.02. The number of rotatable bonds is 2. The smallest absolute Gasteiger partial charge is 0.124 e. The number of hydrogen-bond acceptors (Lipinski definition) is 3. The van der Waals surface area contributed by atoms with Gasteiger partial charge < -0.3 is 15.5 Å². The molecule has 0 unspecified atom stereocenters. The Balaban J connectivity index is 3.20. The Morgan fingerprint density at radius 2 is 1.69 bits per heavy atom. The molecule has 0 saturated heterocycles. The highest BCUT2D eigenvalue weighted by atomic mass is 16.3. The summed E-state index contributed by atoms with van der Waals surface area (Å²) in [6.45, 7) is 3.71. The summed E-state index contributed by atoms with van der Waals surface area (Å²) < 4.78 is 0. The highest BCUT2D eigenvalue weighted by Gasteiger charge is 2.13. The Morgan fingerprint density at radius 1 is 1.23 bits per heavy atom. The number of benzene rings is 1. The van der Waals surface area contributed by atoms with E-state index in [2.05, 4.69) is 5.32 Å². The summed E-state index contributed by atoms with van der Waals surface area (Å²) in [7, 11) is 1.78. The number of phenolic OH excluding ortho intramolecular Hbond substituents is 2. The second-order valence-electron chi connectivity index (χ2n) is 3.23. The second-order valence-corrected chi connectivity index (χ2v) is 3.23. The molecule has 0 aliphatic rings. The molecule has 0 fully saturated rings. The van der Waals surface area contributed by atoms with E-state index in [9.17, 15) is 10.2 Å². The first-order valence-corrected chi connectivity index (χ1v) is 4.26. The average molecular weight is 181 g/mol. The van der Waals surface area contributed by atoms with Crippen LogP contribution in [0, 0.1) is 6.92 Å². The first-order valence-electron chi connectivity index (χ1n) is 4.26. The number of aryl methyl sites for hydroxylation is 1. The molecule has 0 bridgehead atoms. The van der Waals surface area contributed by atoms with Crippen LogP contribution in [0.2, 0.25) is 0 Å². The molecular formula is C10H15NO2. The molecule has 0 spiro atoms. The summed E-state index contributed by atoms with van der Waals surface area (Å²) in [6.07, 6.45) is 0. The highest BCUT2D eigenvalue weighted by Crippen LogP contribution is 2.33. The van der Waals surface area contributed by atoms with Crippen LogP contribution in [0.15, 0.2) is 12.1 Å². The van der Waals surface area contributed by atoms with Crippen LogP contribution in [0.5, 0.6) is 11.5 Å². The van der Waals surface area contributed by atoms with Crippen LogP contribution in [-0.2, 0) is 0 Å². The Labute approximate surface area is 78.0 Å². The van der Waals surface area contributed by atoms with Crippen LogP contribution in [0.1, 0.15) is 24.1 Å². The zero-order valence-electron chi connectivity index (χ0n) is 8.13. The van der Waals surface area contributed by atoms with Gasteiger partial charge in [-0.25, -0.2) is 0 Å². The van der Waals surface area contributed by atoms with E-state index in [1.165, 1.54) is 0 Å². The van der Waals surface area contributed by atoms with Gasteiger partial charge in [0.1, 0.15) is 11.5 Å². The maximum absolute atomic E-state index is 9.57. The zero-order chi connectivity index (χ0) is 10.0. The predicted molar refractivity (Wildman–Crippen MR) is 52.0 cm³/mol. The van der Waals surface area contributed by atoms with Crippen molar-refractivity contribution in [2.24, 2.45) is 0 Å². The van der Waals surface area contributed by atoms with Crippen molar-refractivity contribution in [3.05, 3.63) is 23.3 Å². The summed E-state index contributed by atoms with van der Waals surface area (Å²) >= 11 is 0. The number of phenols is 2. The third-order valence-electron chi connectivity index (χ3n) is 2.15. The van der Waals surface area contributed by atoms with E-state index in [4.69, 9.17) is 0 Å². The van der Waals surface area contributed by atoms with E-state index in [0.29, 0.717) is 5.56 Å². The summed E-state index contributed by atoms with van der Waals surface area (Å²) in [5.41, 5.74) is 1.40. The maximum atomic E-state index is 9.57. The lowest BCUT2D eigenvalue weighted by molar-refractivity contribution is 0.423. The fraction of sp³-hybridized carbons (Fsp3) is 0.400. The summed E-state index contributed by atoms with van der Waals surface area (Å²) in [5, 5.41) is 22.1. The molecule has 0 saturated carbocycles. The fourth-order valence-electron chi connectivity index (χ4n) is 1.35.